The Morgan fingerprint density at radius 3 is 2.47 bits per heavy atom. The quantitative estimate of drug-likeness (QED) is 0.275. The van der Waals surface area contributed by atoms with Gasteiger partial charge in [-0.15, -0.1) is 10.2 Å². The van der Waals surface area contributed by atoms with Crippen molar-refractivity contribution in [1.29, 1.82) is 0 Å². The summed E-state index contributed by atoms with van der Waals surface area (Å²) in [5, 5.41) is 21.3. The number of hydrogen-bond acceptors (Lipinski definition) is 8. The van der Waals surface area contributed by atoms with E-state index in [4.69, 9.17) is 25.8 Å². The molecule has 34 heavy (non-hydrogen) atoms. The fourth-order valence-corrected chi connectivity index (χ4v) is 3.52. The topological polar surface area (TPSA) is 105 Å². The highest BCUT2D eigenvalue weighted by Gasteiger charge is 2.20. The van der Waals surface area contributed by atoms with Crippen molar-refractivity contribution in [1.82, 2.24) is 0 Å². The molecule has 1 amide bonds. The summed E-state index contributed by atoms with van der Waals surface area (Å²) in [7, 11) is 0. The molecule has 1 fully saturated rings. The smallest absolute Gasteiger partial charge is 0.279 e. The summed E-state index contributed by atoms with van der Waals surface area (Å²) >= 11 is 6.12. The number of benzene rings is 2. The molecule has 1 aliphatic heterocycles. The number of aliphatic hydroxyl groups excluding tert-OH is 1. The van der Waals surface area contributed by atoms with Crippen LogP contribution in [0.1, 0.15) is 20.8 Å². The van der Waals surface area contributed by atoms with Crippen LogP contribution in [0.4, 0.5) is 17.1 Å². The molecule has 1 saturated heterocycles. The Morgan fingerprint density at radius 2 is 1.82 bits per heavy atom. The van der Waals surface area contributed by atoms with Crippen LogP contribution in [0.2, 0.25) is 5.02 Å². The number of amides is 1. The highest BCUT2D eigenvalue weighted by molar-refractivity contribution is 6.33. The van der Waals surface area contributed by atoms with Crippen molar-refractivity contribution in [2.45, 2.75) is 20.8 Å². The predicted octanol–water partition coefficient (Wildman–Crippen LogP) is 5.49. The average molecular weight is 489 g/mol. The zero-order valence-electron chi connectivity index (χ0n) is 19.5. The molecule has 9 nitrogen and oxygen atoms in total. The maximum atomic E-state index is 12.8. The van der Waals surface area contributed by atoms with Crippen LogP contribution in [0.15, 0.2) is 58.1 Å². The molecule has 182 valence electrons. The number of carbonyl (C=O) groups is 1. The molecular weight excluding hydrogens is 460 g/mol. The number of carbonyl (C=O) groups excluding carboxylic acids is 1. The van der Waals surface area contributed by atoms with E-state index in [0.29, 0.717) is 54.3 Å². The molecular formula is C24H29ClN4O5. The monoisotopic (exact) mass is 488 g/mol. The molecule has 0 aliphatic carbocycles. The Morgan fingerprint density at radius 1 is 1.15 bits per heavy atom. The standard InChI is InChI=1S/C24H29ClN4O5/c1-4-33-21-15-20(29-10-12-32-13-11-29)22(34-5-2)14-19(21)27-28-23(16(3)30)24(31)26-18-9-7-6-8-17(18)25/h6-9,14-15,30H,4-5,10-13H2,1-3H3,(H,26,31)/b23-16-,28-27?. The molecule has 3 rings (SSSR count). The third kappa shape index (κ3) is 6.39. The first kappa shape index (κ1) is 25.3. The van der Waals surface area contributed by atoms with E-state index in [0.717, 1.165) is 18.8 Å². The third-order valence-corrected chi connectivity index (χ3v) is 5.26. The van der Waals surface area contributed by atoms with Crippen LogP contribution in [-0.4, -0.2) is 50.5 Å². The first-order valence-electron chi connectivity index (χ1n) is 11.1. The normalized spacial score (nSPS) is 14.6. The van der Waals surface area contributed by atoms with E-state index in [1.807, 2.05) is 19.9 Å². The number of ether oxygens (including phenoxy) is 3. The Labute approximate surface area is 204 Å². The third-order valence-electron chi connectivity index (χ3n) is 4.93. The second kappa shape index (κ2) is 12.2. The number of para-hydroxylation sites is 1. The summed E-state index contributed by atoms with van der Waals surface area (Å²) in [6.07, 6.45) is 0. The number of hydrogen-bond donors (Lipinski definition) is 2. The predicted molar refractivity (Wildman–Crippen MR) is 132 cm³/mol. The molecule has 2 aromatic carbocycles. The molecule has 0 spiro atoms. The van der Waals surface area contributed by atoms with E-state index >= 15 is 0 Å². The van der Waals surface area contributed by atoms with Crippen LogP contribution in [0, 0.1) is 0 Å². The average Bonchev–Trinajstić information content (AvgIpc) is 2.82. The highest BCUT2D eigenvalue weighted by Crippen LogP contribution is 2.41. The van der Waals surface area contributed by atoms with E-state index < -0.39 is 5.91 Å². The first-order valence-corrected chi connectivity index (χ1v) is 11.5. The Balaban J connectivity index is 1.93. The largest absolute Gasteiger partial charge is 0.510 e. The number of anilines is 2. The van der Waals surface area contributed by atoms with Crippen LogP contribution < -0.4 is 19.7 Å². The molecule has 10 heteroatoms. The van der Waals surface area contributed by atoms with Crippen molar-refractivity contribution in [3.63, 3.8) is 0 Å². The fourth-order valence-electron chi connectivity index (χ4n) is 3.34. The van der Waals surface area contributed by atoms with Gasteiger partial charge >= 0.3 is 0 Å². The molecule has 2 N–H and O–H groups in total. The number of rotatable bonds is 9. The van der Waals surface area contributed by atoms with Crippen molar-refractivity contribution in [2.75, 3.05) is 49.7 Å². The van der Waals surface area contributed by atoms with Crippen LogP contribution in [0.5, 0.6) is 11.5 Å². The molecule has 0 radical (unpaired) electrons. The minimum absolute atomic E-state index is 0.252. The maximum Gasteiger partial charge on any atom is 0.279 e. The summed E-state index contributed by atoms with van der Waals surface area (Å²) in [5.74, 6) is 0.164. The molecule has 0 atom stereocenters. The molecule has 0 aromatic heterocycles. The number of aliphatic hydroxyl groups is 1. The van der Waals surface area contributed by atoms with Crippen LogP contribution in [-0.2, 0) is 9.53 Å². The lowest BCUT2D eigenvalue weighted by Gasteiger charge is -2.30. The minimum Gasteiger partial charge on any atom is -0.510 e. The first-order chi connectivity index (χ1) is 16.4. The van der Waals surface area contributed by atoms with Gasteiger partial charge in [-0.25, -0.2) is 0 Å². The van der Waals surface area contributed by atoms with Gasteiger partial charge in [0.15, 0.2) is 5.70 Å². The number of allylic oxidation sites excluding steroid dienone is 1. The van der Waals surface area contributed by atoms with Gasteiger partial charge in [-0.2, -0.15) is 0 Å². The summed E-state index contributed by atoms with van der Waals surface area (Å²) in [6, 6.07) is 10.3. The second-order valence-corrected chi connectivity index (χ2v) is 7.73. The van der Waals surface area contributed by atoms with E-state index in [1.165, 1.54) is 6.92 Å². The molecule has 0 bridgehead atoms. The molecule has 2 aromatic rings. The van der Waals surface area contributed by atoms with E-state index in [-0.39, 0.29) is 11.5 Å². The van der Waals surface area contributed by atoms with E-state index in [2.05, 4.69) is 20.4 Å². The van der Waals surface area contributed by atoms with Gasteiger partial charge in [0, 0.05) is 25.2 Å². The van der Waals surface area contributed by atoms with Gasteiger partial charge in [-0.05, 0) is 32.9 Å². The van der Waals surface area contributed by atoms with Crippen molar-refractivity contribution < 1.29 is 24.1 Å². The summed E-state index contributed by atoms with van der Waals surface area (Å²) in [6.45, 7) is 8.70. The maximum absolute atomic E-state index is 12.8. The molecule has 1 heterocycles. The van der Waals surface area contributed by atoms with Crippen molar-refractivity contribution in [3.05, 3.63) is 52.9 Å². The summed E-state index contributed by atoms with van der Waals surface area (Å²) in [5.41, 5.74) is 1.38. The van der Waals surface area contributed by atoms with Crippen LogP contribution in [0.25, 0.3) is 0 Å². The number of azo groups is 1. The van der Waals surface area contributed by atoms with Gasteiger partial charge in [0.1, 0.15) is 22.9 Å². The number of nitrogens with zero attached hydrogens (tertiary/aromatic N) is 3. The Kier molecular flexibility index (Phi) is 9.12. The van der Waals surface area contributed by atoms with Gasteiger partial charge < -0.3 is 29.5 Å². The Hall–Kier alpha value is -3.30. The Bertz CT molecular complexity index is 1060. The van der Waals surface area contributed by atoms with Crippen molar-refractivity contribution in [2.24, 2.45) is 10.2 Å². The fraction of sp³-hybridized carbons (Fsp3) is 0.375. The van der Waals surface area contributed by atoms with Gasteiger partial charge in [0.2, 0.25) is 0 Å². The zero-order valence-corrected chi connectivity index (χ0v) is 20.3. The van der Waals surface area contributed by atoms with Gasteiger partial charge in [-0.1, -0.05) is 23.7 Å². The molecule has 0 saturated carbocycles. The SMILES string of the molecule is CCOc1cc(N2CCOCC2)c(OCC)cc1N=N/C(C(=O)Nc1ccccc1Cl)=C(/C)O. The highest BCUT2D eigenvalue weighted by atomic mass is 35.5. The zero-order chi connectivity index (χ0) is 24.5. The number of nitrogens with one attached hydrogen (secondary N) is 1. The van der Waals surface area contributed by atoms with Crippen LogP contribution >= 0.6 is 11.6 Å². The molecule has 0 unspecified atom stereocenters. The van der Waals surface area contributed by atoms with Crippen molar-refractivity contribution >= 4 is 34.6 Å². The lowest BCUT2D eigenvalue weighted by atomic mass is 10.2. The van der Waals surface area contributed by atoms with Gasteiger partial charge in [0.25, 0.3) is 5.91 Å². The second-order valence-electron chi connectivity index (χ2n) is 7.32. The minimum atomic E-state index is -0.648. The van der Waals surface area contributed by atoms with E-state index in [1.54, 1.807) is 30.3 Å². The molecule has 1 aliphatic rings. The number of morpholine rings is 1. The van der Waals surface area contributed by atoms with Gasteiger partial charge in [0.05, 0.1) is 42.8 Å². The van der Waals surface area contributed by atoms with Crippen molar-refractivity contribution in [3.8, 4) is 11.5 Å². The van der Waals surface area contributed by atoms with E-state index in [9.17, 15) is 9.90 Å². The lowest BCUT2D eigenvalue weighted by molar-refractivity contribution is -0.113. The summed E-state index contributed by atoms with van der Waals surface area (Å²) < 4.78 is 17.1. The van der Waals surface area contributed by atoms with Crippen LogP contribution in [0.3, 0.4) is 0 Å². The number of halogens is 1. The summed E-state index contributed by atoms with van der Waals surface area (Å²) in [4.78, 5) is 14.9. The lowest BCUT2D eigenvalue weighted by Crippen LogP contribution is -2.36. The van der Waals surface area contributed by atoms with Gasteiger partial charge in [-0.3, -0.25) is 4.79 Å².